The molecule has 0 saturated heterocycles. The lowest BCUT2D eigenvalue weighted by molar-refractivity contribution is 0.270. The van der Waals surface area contributed by atoms with Gasteiger partial charge in [0, 0.05) is 16.5 Å². The Hall–Kier alpha value is -2.11. The Morgan fingerprint density at radius 1 is 1.14 bits per heavy atom. The van der Waals surface area contributed by atoms with Crippen molar-refractivity contribution in [1.82, 2.24) is 9.78 Å². The van der Waals surface area contributed by atoms with E-state index in [1.54, 1.807) is 11.3 Å². The van der Waals surface area contributed by atoms with Gasteiger partial charge in [0.2, 0.25) is 0 Å². The molecule has 0 spiro atoms. The van der Waals surface area contributed by atoms with Gasteiger partial charge in [0.05, 0.1) is 25.4 Å². The third-order valence-electron chi connectivity index (χ3n) is 3.19. The van der Waals surface area contributed by atoms with Crippen LogP contribution in [0.1, 0.15) is 4.88 Å². The average Bonchev–Trinajstić information content (AvgIpc) is 3.16. The molecule has 2 N–H and O–H groups in total. The number of hydrogen-bond donors (Lipinski definition) is 2. The van der Waals surface area contributed by atoms with Crippen molar-refractivity contribution in [2.24, 2.45) is 0 Å². The number of benzene rings is 1. The zero-order valence-electron chi connectivity index (χ0n) is 11.6. The van der Waals surface area contributed by atoms with E-state index in [4.69, 9.17) is 0 Å². The number of anilines is 1. The van der Waals surface area contributed by atoms with E-state index >= 15 is 0 Å². The molecule has 108 valence electrons. The molecule has 2 heterocycles. The summed E-state index contributed by atoms with van der Waals surface area (Å²) in [5.74, 6) is 0.927. The second kappa shape index (κ2) is 6.56. The van der Waals surface area contributed by atoms with Gasteiger partial charge in [0.25, 0.3) is 0 Å². The number of aliphatic hydroxyl groups is 1. The number of thiophene rings is 1. The van der Waals surface area contributed by atoms with Gasteiger partial charge in [-0.25, -0.2) is 4.68 Å². The molecular weight excluding hydrogens is 282 g/mol. The SMILES string of the molecule is OCCn1nc(-c2ccccc2)cc1NCc1cccs1. The molecule has 0 fully saturated rings. The van der Waals surface area contributed by atoms with Crippen molar-refractivity contribution in [1.29, 1.82) is 0 Å². The van der Waals surface area contributed by atoms with Crippen LogP contribution in [0.2, 0.25) is 0 Å². The summed E-state index contributed by atoms with van der Waals surface area (Å²) in [4.78, 5) is 1.27. The van der Waals surface area contributed by atoms with Crippen LogP contribution in [0.15, 0.2) is 53.9 Å². The summed E-state index contributed by atoms with van der Waals surface area (Å²) < 4.78 is 1.82. The predicted octanol–water partition coefficient (Wildman–Crippen LogP) is 3.22. The summed E-state index contributed by atoms with van der Waals surface area (Å²) in [6, 6.07) is 16.2. The van der Waals surface area contributed by atoms with Gasteiger partial charge in [-0.15, -0.1) is 11.3 Å². The van der Waals surface area contributed by atoms with Crippen LogP contribution >= 0.6 is 11.3 Å². The van der Waals surface area contributed by atoms with E-state index in [2.05, 4.69) is 21.9 Å². The van der Waals surface area contributed by atoms with Gasteiger partial charge in [-0.2, -0.15) is 5.10 Å². The first kappa shape index (κ1) is 13.9. The Morgan fingerprint density at radius 2 is 2.00 bits per heavy atom. The van der Waals surface area contributed by atoms with Crippen molar-refractivity contribution in [3.05, 3.63) is 58.8 Å². The Balaban J connectivity index is 1.82. The monoisotopic (exact) mass is 299 g/mol. The van der Waals surface area contributed by atoms with Crippen molar-refractivity contribution in [3.63, 3.8) is 0 Å². The molecule has 4 nitrogen and oxygen atoms in total. The van der Waals surface area contributed by atoms with Gasteiger partial charge < -0.3 is 10.4 Å². The van der Waals surface area contributed by atoms with E-state index in [9.17, 15) is 5.11 Å². The van der Waals surface area contributed by atoms with E-state index < -0.39 is 0 Å². The minimum atomic E-state index is 0.0730. The zero-order valence-corrected chi connectivity index (χ0v) is 12.4. The van der Waals surface area contributed by atoms with E-state index in [0.29, 0.717) is 6.54 Å². The van der Waals surface area contributed by atoms with Gasteiger partial charge in [0.15, 0.2) is 0 Å². The molecule has 3 rings (SSSR count). The Kier molecular flexibility index (Phi) is 4.33. The smallest absolute Gasteiger partial charge is 0.125 e. The largest absolute Gasteiger partial charge is 0.394 e. The van der Waals surface area contributed by atoms with Crippen molar-refractivity contribution in [3.8, 4) is 11.3 Å². The molecule has 3 aromatic rings. The van der Waals surface area contributed by atoms with Gasteiger partial charge in [-0.1, -0.05) is 36.4 Å². The van der Waals surface area contributed by atoms with Crippen molar-refractivity contribution in [2.45, 2.75) is 13.1 Å². The Morgan fingerprint density at radius 3 is 2.71 bits per heavy atom. The van der Waals surface area contributed by atoms with Gasteiger partial charge in [-0.3, -0.25) is 0 Å². The zero-order chi connectivity index (χ0) is 14.5. The highest BCUT2D eigenvalue weighted by molar-refractivity contribution is 7.09. The first-order valence-electron chi connectivity index (χ1n) is 6.87. The van der Waals surface area contributed by atoms with E-state index in [1.165, 1.54) is 4.88 Å². The number of aliphatic hydroxyl groups excluding tert-OH is 1. The molecule has 0 aliphatic carbocycles. The Labute approximate surface area is 127 Å². The maximum atomic E-state index is 9.19. The van der Waals surface area contributed by atoms with E-state index in [-0.39, 0.29) is 6.61 Å². The molecule has 0 amide bonds. The predicted molar refractivity (Wildman–Crippen MR) is 86.4 cm³/mol. The molecule has 0 atom stereocenters. The lowest BCUT2D eigenvalue weighted by Gasteiger charge is -2.07. The fraction of sp³-hybridized carbons (Fsp3) is 0.188. The van der Waals surface area contributed by atoms with Crippen LogP contribution < -0.4 is 5.32 Å². The number of hydrogen-bond acceptors (Lipinski definition) is 4. The van der Waals surface area contributed by atoms with Crippen molar-refractivity contribution < 1.29 is 5.11 Å². The standard InChI is InChI=1S/C16H17N3OS/c20-9-8-19-16(17-12-14-7-4-10-21-14)11-15(18-19)13-5-2-1-3-6-13/h1-7,10-11,17,20H,8-9,12H2. The van der Waals surface area contributed by atoms with E-state index in [1.807, 2.05) is 47.1 Å². The van der Waals surface area contributed by atoms with Crippen LogP contribution in [-0.2, 0) is 13.1 Å². The number of aromatic nitrogens is 2. The summed E-state index contributed by atoms with van der Waals surface area (Å²) in [5.41, 5.74) is 1.99. The average molecular weight is 299 g/mol. The van der Waals surface area contributed by atoms with Crippen molar-refractivity contribution >= 4 is 17.2 Å². The third-order valence-corrected chi connectivity index (χ3v) is 4.06. The fourth-order valence-corrected chi connectivity index (χ4v) is 2.81. The van der Waals surface area contributed by atoms with Gasteiger partial charge in [0.1, 0.15) is 5.82 Å². The van der Waals surface area contributed by atoms with Crippen LogP contribution in [0.4, 0.5) is 5.82 Å². The highest BCUT2D eigenvalue weighted by atomic mass is 32.1. The molecule has 0 unspecified atom stereocenters. The summed E-state index contributed by atoms with van der Waals surface area (Å²) in [5, 5.41) is 19.2. The number of rotatable bonds is 6. The topological polar surface area (TPSA) is 50.1 Å². The highest BCUT2D eigenvalue weighted by Crippen LogP contribution is 2.22. The summed E-state index contributed by atoms with van der Waals surface area (Å²) >= 11 is 1.72. The van der Waals surface area contributed by atoms with Gasteiger partial charge >= 0.3 is 0 Å². The fourth-order valence-electron chi connectivity index (χ4n) is 2.17. The number of nitrogens with one attached hydrogen (secondary N) is 1. The maximum absolute atomic E-state index is 9.19. The first-order valence-corrected chi connectivity index (χ1v) is 7.75. The molecule has 0 bridgehead atoms. The molecule has 0 aliphatic rings. The highest BCUT2D eigenvalue weighted by Gasteiger charge is 2.09. The normalized spacial score (nSPS) is 10.7. The lowest BCUT2D eigenvalue weighted by Crippen LogP contribution is -2.09. The first-order chi connectivity index (χ1) is 10.4. The van der Waals surface area contributed by atoms with Crippen LogP contribution in [0, 0.1) is 0 Å². The van der Waals surface area contributed by atoms with Crippen LogP contribution in [0.25, 0.3) is 11.3 Å². The van der Waals surface area contributed by atoms with E-state index in [0.717, 1.165) is 23.6 Å². The van der Waals surface area contributed by atoms with Crippen LogP contribution in [0.3, 0.4) is 0 Å². The maximum Gasteiger partial charge on any atom is 0.125 e. The molecule has 5 heteroatoms. The number of nitrogens with zero attached hydrogens (tertiary/aromatic N) is 2. The molecule has 0 aliphatic heterocycles. The molecule has 0 radical (unpaired) electrons. The minimum absolute atomic E-state index is 0.0730. The molecule has 0 saturated carbocycles. The van der Waals surface area contributed by atoms with Crippen LogP contribution in [-0.4, -0.2) is 21.5 Å². The summed E-state index contributed by atoms with van der Waals surface area (Å²) in [6.45, 7) is 1.33. The van der Waals surface area contributed by atoms with Crippen LogP contribution in [0.5, 0.6) is 0 Å². The molecule has 2 aromatic heterocycles. The molecule has 21 heavy (non-hydrogen) atoms. The van der Waals surface area contributed by atoms with Gasteiger partial charge in [-0.05, 0) is 11.4 Å². The quantitative estimate of drug-likeness (QED) is 0.735. The Bertz CT molecular complexity index is 677. The summed E-state index contributed by atoms with van der Waals surface area (Å²) in [6.07, 6.45) is 0. The molecule has 1 aromatic carbocycles. The van der Waals surface area contributed by atoms with Crippen molar-refractivity contribution in [2.75, 3.05) is 11.9 Å². The second-order valence-corrected chi connectivity index (χ2v) is 5.69. The summed E-state index contributed by atoms with van der Waals surface area (Å²) in [7, 11) is 0. The second-order valence-electron chi connectivity index (χ2n) is 4.66. The lowest BCUT2D eigenvalue weighted by atomic mass is 10.2. The molecular formula is C16H17N3OS. The third kappa shape index (κ3) is 3.32. The minimum Gasteiger partial charge on any atom is -0.394 e.